The monoisotopic (exact) mass is 405 g/mol. The van der Waals surface area contributed by atoms with Crippen molar-refractivity contribution in [2.45, 2.75) is 31.8 Å². The van der Waals surface area contributed by atoms with E-state index in [4.69, 9.17) is 9.26 Å². The van der Waals surface area contributed by atoms with Crippen LogP contribution in [0.25, 0.3) is 11.0 Å². The Morgan fingerprint density at radius 2 is 1.77 bits per heavy atom. The molecule has 1 fully saturated rings. The third kappa shape index (κ3) is 3.40. The molecule has 0 N–H and O–H groups in total. The Kier molecular flexibility index (Phi) is 4.86. The topological polar surface area (TPSA) is 75.9 Å². The molecule has 1 unspecified atom stereocenters. The zero-order chi connectivity index (χ0) is 20.5. The van der Waals surface area contributed by atoms with Gasteiger partial charge >= 0.3 is 0 Å². The van der Waals surface area contributed by atoms with Crippen molar-refractivity contribution in [2.24, 2.45) is 0 Å². The fourth-order valence-electron chi connectivity index (χ4n) is 4.22. The molecule has 7 heteroatoms. The lowest BCUT2D eigenvalue weighted by atomic mass is 10.1. The van der Waals surface area contributed by atoms with Crippen LogP contribution < -0.4 is 9.64 Å². The number of aromatic nitrogens is 1. The third-order valence-corrected chi connectivity index (χ3v) is 5.79. The maximum absolute atomic E-state index is 13.3. The van der Waals surface area contributed by atoms with Gasteiger partial charge in [0.15, 0.2) is 11.7 Å². The van der Waals surface area contributed by atoms with E-state index in [1.54, 1.807) is 11.0 Å². The molecule has 2 aliphatic rings. The molecule has 7 nitrogen and oxygen atoms in total. The Morgan fingerprint density at radius 1 is 1.00 bits per heavy atom. The smallest absolute Gasteiger partial charge is 0.265 e. The number of hydrogen-bond acceptors (Lipinski definition) is 5. The van der Waals surface area contributed by atoms with E-state index in [-0.39, 0.29) is 24.8 Å². The van der Waals surface area contributed by atoms with Crippen molar-refractivity contribution in [2.75, 3.05) is 24.5 Å². The number of nitrogens with zero attached hydrogens (tertiary/aromatic N) is 3. The SMILES string of the molecule is O=C(C1CN(C(=O)Cc2noc3ccccc23)c2ccccc2O1)N1CCCCC1. The van der Waals surface area contributed by atoms with E-state index in [1.165, 1.54) is 0 Å². The minimum Gasteiger partial charge on any atom is -0.476 e. The number of para-hydroxylation sites is 3. The van der Waals surface area contributed by atoms with Gasteiger partial charge in [-0.3, -0.25) is 9.59 Å². The number of piperidine rings is 1. The predicted octanol–water partition coefficient (Wildman–Crippen LogP) is 3.18. The summed E-state index contributed by atoms with van der Waals surface area (Å²) in [5, 5.41) is 4.91. The van der Waals surface area contributed by atoms with Gasteiger partial charge in [0.05, 0.1) is 18.7 Å². The molecule has 0 saturated carbocycles. The number of hydrogen-bond donors (Lipinski definition) is 0. The van der Waals surface area contributed by atoms with Crippen molar-refractivity contribution in [1.29, 1.82) is 0 Å². The predicted molar refractivity (Wildman–Crippen MR) is 111 cm³/mol. The Morgan fingerprint density at radius 3 is 2.63 bits per heavy atom. The van der Waals surface area contributed by atoms with Crippen molar-refractivity contribution < 1.29 is 18.8 Å². The van der Waals surface area contributed by atoms with Crippen LogP contribution in [-0.4, -0.2) is 47.6 Å². The molecule has 30 heavy (non-hydrogen) atoms. The number of carbonyl (C=O) groups excluding carboxylic acids is 2. The highest BCUT2D eigenvalue weighted by molar-refractivity contribution is 5.99. The van der Waals surface area contributed by atoms with Crippen LogP contribution in [0.2, 0.25) is 0 Å². The number of carbonyl (C=O) groups is 2. The third-order valence-electron chi connectivity index (χ3n) is 5.79. The summed E-state index contributed by atoms with van der Waals surface area (Å²) in [5.41, 5.74) is 1.93. The van der Waals surface area contributed by atoms with Gasteiger partial charge in [-0.1, -0.05) is 29.4 Å². The molecule has 0 bridgehead atoms. The zero-order valence-electron chi connectivity index (χ0n) is 16.6. The van der Waals surface area contributed by atoms with Gasteiger partial charge in [-0.2, -0.15) is 0 Å². The highest BCUT2D eigenvalue weighted by Crippen LogP contribution is 2.34. The standard InChI is InChI=1S/C23H23N3O4/c27-22(14-17-16-8-2-4-10-19(16)30-24-17)26-15-21(23(28)25-12-6-1-7-13-25)29-20-11-5-3-9-18(20)26/h2-5,8-11,21H,1,6-7,12-15H2. The second kappa shape index (κ2) is 7.82. The highest BCUT2D eigenvalue weighted by Gasteiger charge is 2.36. The lowest BCUT2D eigenvalue weighted by Crippen LogP contribution is -2.53. The number of benzene rings is 2. The first-order valence-corrected chi connectivity index (χ1v) is 10.4. The van der Waals surface area contributed by atoms with E-state index in [2.05, 4.69) is 5.16 Å². The summed E-state index contributed by atoms with van der Waals surface area (Å²) in [6.45, 7) is 1.69. The average molecular weight is 405 g/mol. The van der Waals surface area contributed by atoms with Gasteiger partial charge in [0, 0.05) is 18.5 Å². The summed E-state index contributed by atoms with van der Waals surface area (Å²) in [5.74, 6) is 0.368. The molecule has 1 saturated heterocycles. The first-order chi connectivity index (χ1) is 14.7. The molecule has 2 aliphatic heterocycles. The van der Waals surface area contributed by atoms with Crippen LogP contribution in [0.4, 0.5) is 5.69 Å². The first kappa shape index (κ1) is 18.7. The van der Waals surface area contributed by atoms with Crippen LogP contribution in [0.5, 0.6) is 5.75 Å². The highest BCUT2D eigenvalue weighted by atomic mass is 16.5. The lowest BCUT2D eigenvalue weighted by Gasteiger charge is -2.37. The normalized spacial score (nSPS) is 18.7. The van der Waals surface area contributed by atoms with Gasteiger partial charge in [0.25, 0.3) is 5.91 Å². The Hall–Kier alpha value is -3.35. The van der Waals surface area contributed by atoms with Gasteiger partial charge in [-0.15, -0.1) is 0 Å². The Balaban J connectivity index is 1.41. The fraction of sp³-hybridized carbons (Fsp3) is 0.348. The quantitative estimate of drug-likeness (QED) is 0.669. The van der Waals surface area contributed by atoms with Crippen LogP contribution in [0.1, 0.15) is 25.0 Å². The van der Waals surface area contributed by atoms with E-state index in [0.29, 0.717) is 22.7 Å². The molecule has 0 radical (unpaired) electrons. The molecule has 5 rings (SSSR count). The van der Waals surface area contributed by atoms with E-state index in [9.17, 15) is 9.59 Å². The summed E-state index contributed by atoms with van der Waals surface area (Å²) in [6.07, 6.45) is 2.56. The number of amides is 2. The molecule has 0 aliphatic carbocycles. The molecule has 1 aromatic heterocycles. The fourth-order valence-corrected chi connectivity index (χ4v) is 4.22. The number of rotatable bonds is 3. The number of anilines is 1. The van der Waals surface area contributed by atoms with E-state index >= 15 is 0 Å². The van der Waals surface area contributed by atoms with Gasteiger partial charge in [0.1, 0.15) is 11.4 Å². The maximum atomic E-state index is 13.3. The molecule has 1 atom stereocenters. The molecule has 3 aromatic rings. The number of fused-ring (bicyclic) bond motifs is 2. The van der Waals surface area contributed by atoms with Crippen molar-refractivity contribution in [3.05, 3.63) is 54.2 Å². The van der Waals surface area contributed by atoms with Crippen LogP contribution >= 0.6 is 0 Å². The van der Waals surface area contributed by atoms with Crippen LogP contribution in [0.15, 0.2) is 53.1 Å². The molecule has 3 heterocycles. The van der Waals surface area contributed by atoms with Gasteiger partial charge in [-0.25, -0.2) is 0 Å². The van der Waals surface area contributed by atoms with E-state index in [0.717, 1.165) is 37.7 Å². The summed E-state index contributed by atoms with van der Waals surface area (Å²) in [6, 6.07) is 14.8. The Labute approximate surface area is 174 Å². The largest absolute Gasteiger partial charge is 0.476 e. The van der Waals surface area contributed by atoms with Crippen LogP contribution in [0.3, 0.4) is 0 Å². The van der Waals surface area contributed by atoms with Gasteiger partial charge < -0.3 is 19.1 Å². The minimum atomic E-state index is -0.698. The van der Waals surface area contributed by atoms with Gasteiger partial charge in [0.2, 0.25) is 5.91 Å². The van der Waals surface area contributed by atoms with Crippen molar-refractivity contribution in [1.82, 2.24) is 10.1 Å². The minimum absolute atomic E-state index is 0.0473. The second-order valence-electron chi connectivity index (χ2n) is 7.77. The van der Waals surface area contributed by atoms with Crippen molar-refractivity contribution in [3.8, 4) is 5.75 Å². The zero-order valence-corrected chi connectivity index (χ0v) is 16.6. The molecule has 0 spiro atoms. The second-order valence-corrected chi connectivity index (χ2v) is 7.77. The van der Waals surface area contributed by atoms with E-state index < -0.39 is 6.10 Å². The lowest BCUT2D eigenvalue weighted by molar-refractivity contribution is -0.139. The first-order valence-electron chi connectivity index (χ1n) is 10.4. The van der Waals surface area contributed by atoms with Crippen LogP contribution in [0, 0.1) is 0 Å². The van der Waals surface area contributed by atoms with Gasteiger partial charge in [-0.05, 0) is 43.5 Å². The van der Waals surface area contributed by atoms with Crippen molar-refractivity contribution >= 4 is 28.5 Å². The summed E-state index contributed by atoms with van der Waals surface area (Å²) in [7, 11) is 0. The number of likely N-dealkylation sites (tertiary alicyclic amines) is 1. The van der Waals surface area contributed by atoms with Crippen LogP contribution in [-0.2, 0) is 16.0 Å². The maximum Gasteiger partial charge on any atom is 0.265 e. The molecular formula is C23H23N3O4. The molecular weight excluding hydrogens is 382 g/mol. The summed E-state index contributed by atoms with van der Waals surface area (Å²) in [4.78, 5) is 29.8. The molecule has 2 aromatic carbocycles. The van der Waals surface area contributed by atoms with E-state index in [1.807, 2.05) is 47.4 Å². The van der Waals surface area contributed by atoms with Crippen molar-refractivity contribution in [3.63, 3.8) is 0 Å². The summed E-state index contributed by atoms with van der Waals surface area (Å²) >= 11 is 0. The molecule has 2 amide bonds. The molecule has 154 valence electrons. The average Bonchev–Trinajstić information content (AvgIpc) is 3.21. The summed E-state index contributed by atoms with van der Waals surface area (Å²) < 4.78 is 11.4. The Bertz CT molecular complexity index is 1090. The number of ether oxygens (including phenoxy) is 1.